The Morgan fingerprint density at radius 3 is 2.61 bits per heavy atom. The van der Waals surface area contributed by atoms with E-state index >= 15 is 0 Å². The largest absolute Gasteiger partial charge is 0.486 e. The van der Waals surface area contributed by atoms with Gasteiger partial charge in [0.2, 0.25) is 5.91 Å². The van der Waals surface area contributed by atoms with Gasteiger partial charge in [0, 0.05) is 17.7 Å². The van der Waals surface area contributed by atoms with E-state index in [-0.39, 0.29) is 29.8 Å². The van der Waals surface area contributed by atoms with Crippen molar-refractivity contribution in [2.24, 2.45) is 5.92 Å². The number of nitrogens with zero attached hydrogens (tertiary/aromatic N) is 1. The number of aromatic nitrogens is 2. The van der Waals surface area contributed by atoms with E-state index in [9.17, 15) is 9.59 Å². The maximum Gasteiger partial charge on any atom is 0.254 e. The molecule has 1 amide bonds. The molecule has 2 aromatic rings. The molecule has 1 aromatic carbocycles. The zero-order chi connectivity index (χ0) is 20.3. The van der Waals surface area contributed by atoms with E-state index in [0.717, 1.165) is 11.3 Å². The van der Waals surface area contributed by atoms with Gasteiger partial charge in [0.05, 0.1) is 6.04 Å². The third-order valence-electron chi connectivity index (χ3n) is 4.85. The van der Waals surface area contributed by atoms with E-state index in [1.165, 1.54) is 0 Å². The van der Waals surface area contributed by atoms with E-state index in [2.05, 4.69) is 29.1 Å². The summed E-state index contributed by atoms with van der Waals surface area (Å²) in [5, 5.41) is 3.09. The number of aryl methyl sites for hydroxylation is 2. The number of nitrogens with one attached hydrogen (secondary N) is 2. The Kier molecular flexibility index (Phi) is 6.02. The summed E-state index contributed by atoms with van der Waals surface area (Å²) in [7, 11) is 0. The standard InChI is InChI=1S/C21H27N3O4/c1-12(2)20(15-5-7-17-18(11-15)28-10-9-27-17)24-19(25)8-6-16-13(3)22-14(4)23-21(16)26/h5,7,11-12,20H,6,8-10H2,1-4H3,(H,24,25)(H,22,23,26). The van der Waals surface area contributed by atoms with Gasteiger partial charge in [-0.2, -0.15) is 0 Å². The van der Waals surface area contributed by atoms with Gasteiger partial charge in [-0.1, -0.05) is 19.9 Å². The van der Waals surface area contributed by atoms with Gasteiger partial charge >= 0.3 is 0 Å². The minimum absolute atomic E-state index is 0.104. The van der Waals surface area contributed by atoms with Gasteiger partial charge in [-0.05, 0) is 43.9 Å². The molecule has 7 nitrogen and oxygen atoms in total. The van der Waals surface area contributed by atoms with E-state index in [1.807, 2.05) is 18.2 Å². The normalized spacial score (nSPS) is 14.0. The van der Waals surface area contributed by atoms with Crippen molar-refractivity contribution >= 4 is 5.91 Å². The molecular formula is C21H27N3O4. The molecule has 1 aliphatic heterocycles. The fourth-order valence-electron chi connectivity index (χ4n) is 3.42. The van der Waals surface area contributed by atoms with Gasteiger partial charge in [-0.25, -0.2) is 4.98 Å². The lowest BCUT2D eigenvalue weighted by molar-refractivity contribution is -0.122. The zero-order valence-electron chi connectivity index (χ0n) is 16.8. The molecule has 28 heavy (non-hydrogen) atoms. The predicted molar refractivity (Wildman–Crippen MR) is 106 cm³/mol. The first-order valence-corrected chi connectivity index (χ1v) is 9.60. The smallest absolute Gasteiger partial charge is 0.254 e. The first kappa shape index (κ1) is 19.9. The first-order chi connectivity index (χ1) is 13.3. The van der Waals surface area contributed by atoms with Crippen LogP contribution in [0.15, 0.2) is 23.0 Å². The molecule has 0 spiro atoms. The third kappa shape index (κ3) is 4.52. The fourth-order valence-corrected chi connectivity index (χ4v) is 3.42. The van der Waals surface area contributed by atoms with Crippen LogP contribution in [0.1, 0.15) is 49.0 Å². The van der Waals surface area contributed by atoms with Crippen molar-refractivity contribution in [3.8, 4) is 11.5 Å². The number of ether oxygens (including phenoxy) is 2. The van der Waals surface area contributed by atoms with Crippen LogP contribution in [-0.2, 0) is 11.2 Å². The molecule has 0 aliphatic carbocycles. The highest BCUT2D eigenvalue weighted by Gasteiger charge is 2.21. The molecule has 150 valence electrons. The number of fused-ring (bicyclic) bond motifs is 1. The second kappa shape index (κ2) is 8.46. The maximum atomic E-state index is 12.6. The number of hydrogen-bond donors (Lipinski definition) is 2. The monoisotopic (exact) mass is 385 g/mol. The van der Waals surface area contributed by atoms with Crippen LogP contribution in [-0.4, -0.2) is 29.1 Å². The summed E-state index contributed by atoms with van der Waals surface area (Å²) in [6, 6.07) is 5.61. The molecule has 0 saturated heterocycles. The highest BCUT2D eigenvalue weighted by molar-refractivity contribution is 5.76. The third-order valence-corrected chi connectivity index (χ3v) is 4.85. The molecule has 1 aliphatic rings. The Labute approximate surface area is 164 Å². The first-order valence-electron chi connectivity index (χ1n) is 9.60. The van der Waals surface area contributed by atoms with Crippen LogP contribution in [0.3, 0.4) is 0 Å². The molecule has 7 heteroatoms. The minimum Gasteiger partial charge on any atom is -0.486 e. The quantitative estimate of drug-likeness (QED) is 0.797. The topological polar surface area (TPSA) is 93.3 Å². The van der Waals surface area contributed by atoms with E-state index in [1.54, 1.807) is 13.8 Å². The molecule has 1 aromatic heterocycles. The van der Waals surface area contributed by atoms with E-state index in [0.29, 0.717) is 42.5 Å². The van der Waals surface area contributed by atoms with Gasteiger partial charge < -0.3 is 19.8 Å². The van der Waals surface area contributed by atoms with Crippen LogP contribution < -0.4 is 20.3 Å². The number of rotatable bonds is 6. The summed E-state index contributed by atoms with van der Waals surface area (Å²) in [6.07, 6.45) is 0.578. The Morgan fingerprint density at radius 2 is 1.93 bits per heavy atom. The summed E-state index contributed by atoms with van der Waals surface area (Å²) >= 11 is 0. The van der Waals surface area contributed by atoms with Crippen LogP contribution in [0.4, 0.5) is 0 Å². The average molecular weight is 385 g/mol. The van der Waals surface area contributed by atoms with Crippen LogP contribution in [0.25, 0.3) is 0 Å². The second-order valence-electron chi connectivity index (χ2n) is 7.41. The Bertz CT molecular complexity index is 920. The minimum atomic E-state index is -0.176. The summed E-state index contributed by atoms with van der Waals surface area (Å²) in [5.74, 6) is 2.10. The number of H-pyrrole nitrogens is 1. The van der Waals surface area contributed by atoms with Crippen molar-refractivity contribution < 1.29 is 14.3 Å². The van der Waals surface area contributed by atoms with Crippen molar-refractivity contribution in [2.45, 2.75) is 46.6 Å². The van der Waals surface area contributed by atoms with Crippen molar-refractivity contribution in [2.75, 3.05) is 13.2 Å². The van der Waals surface area contributed by atoms with Crippen molar-refractivity contribution in [3.63, 3.8) is 0 Å². The van der Waals surface area contributed by atoms with Crippen molar-refractivity contribution in [3.05, 3.63) is 51.2 Å². The number of aromatic amines is 1. The van der Waals surface area contributed by atoms with Gasteiger partial charge in [0.25, 0.3) is 5.56 Å². The molecule has 0 saturated carbocycles. The molecule has 1 atom stereocenters. The highest BCUT2D eigenvalue weighted by atomic mass is 16.6. The van der Waals surface area contributed by atoms with Crippen molar-refractivity contribution in [1.29, 1.82) is 0 Å². The van der Waals surface area contributed by atoms with Gasteiger partial charge in [0.15, 0.2) is 11.5 Å². The average Bonchev–Trinajstić information content (AvgIpc) is 2.64. The Morgan fingerprint density at radius 1 is 1.21 bits per heavy atom. The molecule has 1 unspecified atom stereocenters. The number of carbonyl (C=O) groups excluding carboxylic acids is 1. The number of hydrogen-bond acceptors (Lipinski definition) is 5. The summed E-state index contributed by atoms with van der Waals surface area (Å²) in [4.78, 5) is 31.7. The lowest BCUT2D eigenvalue weighted by Crippen LogP contribution is -2.32. The Balaban J connectivity index is 1.69. The van der Waals surface area contributed by atoms with Crippen LogP contribution in [0.5, 0.6) is 11.5 Å². The summed E-state index contributed by atoms with van der Waals surface area (Å²) in [6.45, 7) is 8.71. The van der Waals surface area contributed by atoms with E-state index < -0.39 is 0 Å². The van der Waals surface area contributed by atoms with Gasteiger partial charge in [-0.15, -0.1) is 0 Å². The van der Waals surface area contributed by atoms with Crippen molar-refractivity contribution in [1.82, 2.24) is 15.3 Å². The van der Waals surface area contributed by atoms with Crippen LogP contribution in [0.2, 0.25) is 0 Å². The number of benzene rings is 1. The van der Waals surface area contributed by atoms with E-state index in [4.69, 9.17) is 9.47 Å². The molecule has 3 rings (SSSR count). The van der Waals surface area contributed by atoms with Gasteiger partial charge in [0.1, 0.15) is 19.0 Å². The zero-order valence-corrected chi connectivity index (χ0v) is 16.8. The molecular weight excluding hydrogens is 358 g/mol. The SMILES string of the molecule is Cc1nc(C)c(CCC(=O)NC(c2ccc3c(c2)OCCO3)C(C)C)c(=O)[nH]1. The number of carbonyl (C=O) groups is 1. The maximum absolute atomic E-state index is 12.6. The predicted octanol–water partition coefficient (Wildman–Crippen LogP) is 2.60. The Hall–Kier alpha value is -2.83. The summed E-state index contributed by atoms with van der Waals surface area (Å²) in [5.41, 5.74) is 2.02. The molecule has 2 N–H and O–H groups in total. The lowest BCUT2D eigenvalue weighted by Gasteiger charge is -2.25. The summed E-state index contributed by atoms with van der Waals surface area (Å²) < 4.78 is 11.2. The molecule has 0 radical (unpaired) electrons. The molecule has 2 heterocycles. The second-order valence-corrected chi connectivity index (χ2v) is 7.41. The van der Waals surface area contributed by atoms with Crippen LogP contribution >= 0.6 is 0 Å². The van der Waals surface area contributed by atoms with Gasteiger partial charge in [-0.3, -0.25) is 9.59 Å². The van der Waals surface area contributed by atoms with Crippen LogP contribution in [0, 0.1) is 19.8 Å². The molecule has 0 bridgehead atoms. The highest BCUT2D eigenvalue weighted by Crippen LogP contribution is 2.34. The fraction of sp³-hybridized carbons (Fsp3) is 0.476. The number of amides is 1. The lowest BCUT2D eigenvalue weighted by atomic mass is 9.95. The molecule has 0 fully saturated rings.